The van der Waals surface area contributed by atoms with Gasteiger partial charge in [0.1, 0.15) is 12.4 Å². The van der Waals surface area contributed by atoms with Crippen molar-refractivity contribution < 1.29 is 19.4 Å². The van der Waals surface area contributed by atoms with Crippen LogP contribution in [0.1, 0.15) is 13.3 Å². The van der Waals surface area contributed by atoms with E-state index < -0.39 is 0 Å². The average Bonchev–Trinajstić information content (AvgIpc) is 2.45. The normalized spacial score (nSPS) is 11.8. The van der Waals surface area contributed by atoms with Crippen molar-refractivity contribution in [3.63, 3.8) is 0 Å². The number of aliphatic hydroxyl groups excluding tert-OH is 1. The van der Waals surface area contributed by atoms with Gasteiger partial charge in [-0.15, -0.1) is 0 Å². The zero-order valence-corrected chi connectivity index (χ0v) is 11.9. The predicted octanol–water partition coefficient (Wildman–Crippen LogP) is 1.60. The molecule has 1 atom stereocenters. The highest BCUT2D eigenvalue weighted by molar-refractivity contribution is 5.89. The van der Waals surface area contributed by atoms with Crippen LogP contribution in [0.3, 0.4) is 0 Å². The van der Waals surface area contributed by atoms with E-state index in [-0.39, 0.29) is 18.7 Å². The monoisotopic (exact) mass is 282 g/mol. The molecule has 1 aromatic carbocycles. The van der Waals surface area contributed by atoms with Gasteiger partial charge in [-0.05, 0) is 18.6 Å². The van der Waals surface area contributed by atoms with Crippen molar-refractivity contribution in [2.24, 2.45) is 0 Å². The summed E-state index contributed by atoms with van der Waals surface area (Å²) < 4.78 is 10.4. The first kappa shape index (κ1) is 16.3. The summed E-state index contributed by atoms with van der Waals surface area (Å²) in [7, 11) is 1.61. The van der Waals surface area contributed by atoms with Gasteiger partial charge in [0.2, 0.25) is 0 Å². The maximum Gasteiger partial charge on any atom is 0.319 e. The highest BCUT2D eigenvalue weighted by atomic mass is 16.5. The molecule has 0 heterocycles. The third-order valence-electron chi connectivity index (χ3n) is 2.70. The Bertz CT molecular complexity index is 408. The van der Waals surface area contributed by atoms with Gasteiger partial charge in [-0.1, -0.05) is 13.0 Å². The number of nitrogens with one attached hydrogen (secondary N) is 2. The quantitative estimate of drug-likeness (QED) is 0.633. The minimum atomic E-state index is -0.347. The maximum absolute atomic E-state index is 11.7. The molecule has 2 amide bonds. The summed E-state index contributed by atoms with van der Waals surface area (Å²) in [6.07, 6.45) is 0.671. The molecule has 0 saturated carbocycles. The largest absolute Gasteiger partial charge is 0.491 e. The fraction of sp³-hybridized carbons (Fsp3) is 0.500. The van der Waals surface area contributed by atoms with Gasteiger partial charge in [0, 0.05) is 18.9 Å². The van der Waals surface area contributed by atoms with Gasteiger partial charge in [0.25, 0.3) is 0 Å². The lowest BCUT2D eigenvalue weighted by Crippen LogP contribution is -2.39. The summed E-state index contributed by atoms with van der Waals surface area (Å²) in [6.45, 7) is 2.77. The van der Waals surface area contributed by atoms with Crippen molar-refractivity contribution in [1.82, 2.24) is 5.32 Å². The van der Waals surface area contributed by atoms with Gasteiger partial charge in [-0.25, -0.2) is 4.79 Å². The Balaban J connectivity index is 2.50. The molecule has 0 radical (unpaired) electrons. The summed E-state index contributed by atoms with van der Waals surface area (Å²) in [5.41, 5.74) is 0.630. The third-order valence-corrected chi connectivity index (χ3v) is 2.70. The van der Waals surface area contributed by atoms with Crippen molar-refractivity contribution in [3.05, 3.63) is 24.3 Å². The molecule has 6 heteroatoms. The van der Waals surface area contributed by atoms with Crippen molar-refractivity contribution >= 4 is 11.7 Å². The van der Waals surface area contributed by atoms with E-state index in [0.29, 0.717) is 31.1 Å². The van der Waals surface area contributed by atoms with E-state index in [2.05, 4.69) is 10.6 Å². The van der Waals surface area contributed by atoms with Gasteiger partial charge in [0.05, 0.1) is 19.3 Å². The van der Waals surface area contributed by atoms with E-state index >= 15 is 0 Å². The average molecular weight is 282 g/mol. The molecular formula is C14H22N2O4. The van der Waals surface area contributed by atoms with Crippen LogP contribution in [0.25, 0.3) is 0 Å². The first-order valence-corrected chi connectivity index (χ1v) is 6.59. The number of carbonyl (C=O) groups excluding carboxylic acids is 1. The fourth-order valence-electron chi connectivity index (χ4n) is 1.54. The van der Waals surface area contributed by atoms with E-state index in [1.165, 1.54) is 0 Å². The van der Waals surface area contributed by atoms with Crippen LogP contribution in [0.5, 0.6) is 5.75 Å². The minimum Gasteiger partial charge on any atom is -0.491 e. The predicted molar refractivity (Wildman–Crippen MR) is 77.1 cm³/mol. The van der Waals surface area contributed by atoms with E-state index in [4.69, 9.17) is 14.6 Å². The zero-order valence-electron chi connectivity index (χ0n) is 11.9. The number of carbonyl (C=O) groups is 1. The molecule has 0 fully saturated rings. The van der Waals surface area contributed by atoms with Gasteiger partial charge >= 0.3 is 6.03 Å². The molecule has 0 saturated heterocycles. The Morgan fingerprint density at radius 1 is 1.40 bits per heavy atom. The molecule has 1 rings (SSSR count). The number of benzene rings is 1. The Morgan fingerprint density at radius 2 is 2.20 bits per heavy atom. The second kappa shape index (κ2) is 9.17. The molecule has 0 spiro atoms. The minimum absolute atomic E-state index is 0.0793. The van der Waals surface area contributed by atoms with Crippen LogP contribution in [0.4, 0.5) is 10.5 Å². The number of ether oxygens (including phenoxy) is 2. The molecule has 0 aliphatic carbocycles. The third kappa shape index (κ3) is 5.90. The number of hydrogen-bond acceptors (Lipinski definition) is 4. The molecular weight excluding hydrogens is 260 g/mol. The topological polar surface area (TPSA) is 79.8 Å². The van der Waals surface area contributed by atoms with E-state index in [1.807, 2.05) is 6.92 Å². The zero-order chi connectivity index (χ0) is 14.8. The number of methoxy groups -OCH3 is 1. The number of rotatable bonds is 8. The molecule has 20 heavy (non-hydrogen) atoms. The highest BCUT2D eigenvalue weighted by Crippen LogP contribution is 2.17. The fourth-order valence-corrected chi connectivity index (χ4v) is 1.54. The summed E-state index contributed by atoms with van der Waals surface area (Å²) in [4.78, 5) is 11.7. The molecule has 112 valence electrons. The Kier molecular flexibility index (Phi) is 7.46. The molecule has 0 aliphatic rings. The van der Waals surface area contributed by atoms with Crippen LogP contribution in [0.2, 0.25) is 0 Å². The molecule has 0 aliphatic heterocycles. The van der Waals surface area contributed by atoms with Gasteiger partial charge < -0.3 is 25.2 Å². The van der Waals surface area contributed by atoms with Crippen LogP contribution in [0, 0.1) is 0 Å². The Hall–Kier alpha value is -1.79. The van der Waals surface area contributed by atoms with Crippen LogP contribution in [-0.4, -0.2) is 44.1 Å². The number of hydrogen-bond donors (Lipinski definition) is 3. The van der Waals surface area contributed by atoms with Gasteiger partial charge in [0.15, 0.2) is 0 Å². The van der Waals surface area contributed by atoms with Crippen molar-refractivity contribution in [3.8, 4) is 5.75 Å². The van der Waals surface area contributed by atoms with E-state index in [1.54, 1.807) is 31.4 Å². The number of amides is 2. The molecule has 3 N–H and O–H groups in total. The summed E-state index contributed by atoms with van der Waals surface area (Å²) in [5.74, 6) is 0.661. The molecule has 6 nitrogen and oxygen atoms in total. The Labute approximate surface area is 119 Å². The first-order valence-electron chi connectivity index (χ1n) is 6.59. The lowest BCUT2D eigenvalue weighted by Gasteiger charge is -2.15. The summed E-state index contributed by atoms with van der Waals surface area (Å²) in [6, 6.07) is 6.51. The molecule has 0 bridgehead atoms. The molecule has 1 aromatic rings. The van der Waals surface area contributed by atoms with Crippen molar-refractivity contribution in [2.75, 3.05) is 32.2 Å². The van der Waals surface area contributed by atoms with Crippen LogP contribution in [-0.2, 0) is 4.74 Å². The van der Waals surface area contributed by atoms with Crippen LogP contribution < -0.4 is 15.4 Å². The van der Waals surface area contributed by atoms with Crippen molar-refractivity contribution in [1.29, 1.82) is 0 Å². The first-order chi connectivity index (χ1) is 9.69. The lowest BCUT2D eigenvalue weighted by atomic mass is 10.2. The van der Waals surface area contributed by atoms with Crippen LogP contribution >= 0.6 is 0 Å². The van der Waals surface area contributed by atoms with Crippen LogP contribution in [0.15, 0.2) is 24.3 Å². The van der Waals surface area contributed by atoms with E-state index in [0.717, 1.165) is 0 Å². The number of urea groups is 1. The molecule has 1 unspecified atom stereocenters. The SMILES string of the molecule is CCC(CO)NC(=O)Nc1cccc(OCCOC)c1. The number of aliphatic hydroxyl groups is 1. The standard InChI is InChI=1S/C14H22N2O4/c1-3-11(10-17)15-14(18)16-12-5-4-6-13(9-12)20-8-7-19-2/h4-6,9,11,17H,3,7-8,10H2,1-2H3,(H2,15,16,18). The van der Waals surface area contributed by atoms with E-state index in [9.17, 15) is 4.79 Å². The smallest absolute Gasteiger partial charge is 0.319 e. The number of anilines is 1. The summed E-state index contributed by atoms with van der Waals surface area (Å²) in [5, 5.41) is 14.4. The maximum atomic E-state index is 11.7. The second-order valence-corrected chi connectivity index (χ2v) is 4.26. The highest BCUT2D eigenvalue weighted by Gasteiger charge is 2.09. The van der Waals surface area contributed by atoms with Gasteiger partial charge in [-0.2, -0.15) is 0 Å². The molecule has 0 aromatic heterocycles. The van der Waals surface area contributed by atoms with Gasteiger partial charge in [-0.3, -0.25) is 0 Å². The second-order valence-electron chi connectivity index (χ2n) is 4.26. The van der Waals surface area contributed by atoms with Crippen molar-refractivity contribution in [2.45, 2.75) is 19.4 Å². The lowest BCUT2D eigenvalue weighted by molar-refractivity contribution is 0.146. The summed E-state index contributed by atoms with van der Waals surface area (Å²) >= 11 is 0. The Morgan fingerprint density at radius 3 is 2.85 bits per heavy atom.